The van der Waals surface area contributed by atoms with Crippen molar-refractivity contribution in [2.24, 2.45) is 5.10 Å². The van der Waals surface area contributed by atoms with Crippen LogP contribution in [-0.2, 0) is 9.53 Å². The van der Waals surface area contributed by atoms with Crippen LogP contribution >= 0.6 is 0 Å². The molecule has 0 saturated carbocycles. The van der Waals surface area contributed by atoms with E-state index in [2.05, 4.69) is 10.1 Å². The van der Waals surface area contributed by atoms with E-state index in [-0.39, 0.29) is 5.91 Å². The number of benzene rings is 2. The van der Waals surface area contributed by atoms with Gasteiger partial charge in [0.25, 0.3) is 0 Å². The Balaban J connectivity index is 1.79. The van der Waals surface area contributed by atoms with Gasteiger partial charge in [-0.3, -0.25) is 9.78 Å². The molecule has 0 fully saturated rings. The molecule has 0 spiro atoms. The lowest BCUT2D eigenvalue weighted by atomic mass is 10.0. The highest BCUT2D eigenvalue weighted by Gasteiger charge is 2.33. The zero-order valence-electron chi connectivity index (χ0n) is 13.1. The van der Waals surface area contributed by atoms with Gasteiger partial charge >= 0.3 is 0 Å². The second kappa shape index (κ2) is 5.77. The molecule has 0 N–H and O–H groups in total. The Labute approximate surface area is 139 Å². The molecule has 1 aliphatic rings. The van der Waals surface area contributed by atoms with Crippen molar-refractivity contribution in [2.45, 2.75) is 13.2 Å². The highest BCUT2D eigenvalue weighted by molar-refractivity contribution is 6.07. The van der Waals surface area contributed by atoms with E-state index in [1.807, 2.05) is 54.6 Å². The predicted octanol–water partition coefficient (Wildman–Crippen LogP) is 3.47. The normalized spacial score (nSPS) is 16.8. The van der Waals surface area contributed by atoms with Crippen LogP contribution in [0, 0.1) is 0 Å². The molecule has 24 heavy (non-hydrogen) atoms. The third-order valence-corrected chi connectivity index (χ3v) is 3.96. The van der Waals surface area contributed by atoms with Crippen molar-refractivity contribution in [3.05, 3.63) is 78.1 Å². The van der Waals surface area contributed by atoms with E-state index in [0.29, 0.717) is 5.90 Å². The maximum atomic E-state index is 12.0. The molecule has 1 aromatic heterocycles. The van der Waals surface area contributed by atoms with Crippen LogP contribution in [0.2, 0.25) is 0 Å². The topological polar surface area (TPSA) is 54.8 Å². The third-order valence-electron chi connectivity index (χ3n) is 3.96. The standard InChI is InChI=1S/C19H15N3O2/c1-13(23)22-19(15-8-5-11-20-12-15)24-18(21-22)17-10-4-7-14-6-2-3-9-16(14)17/h2-12,19H,1H3. The first kappa shape index (κ1) is 14.4. The summed E-state index contributed by atoms with van der Waals surface area (Å²) < 4.78 is 6.03. The Kier molecular flexibility index (Phi) is 3.46. The molecule has 1 amide bonds. The Bertz CT molecular complexity index is 932. The van der Waals surface area contributed by atoms with Crippen LogP contribution in [-0.4, -0.2) is 21.8 Å². The minimum atomic E-state index is -0.592. The molecule has 0 aliphatic carbocycles. The maximum absolute atomic E-state index is 12.0. The van der Waals surface area contributed by atoms with E-state index in [0.717, 1.165) is 21.9 Å². The third kappa shape index (κ3) is 2.40. The number of ether oxygens (including phenoxy) is 1. The molecule has 4 rings (SSSR count). The Hall–Kier alpha value is -3.21. The summed E-state index contributed by atoms with van der Waals surface area (Å²) in [6.07, 6.45) is 2.77. The van der Waals surface area contributed by atoms with Crippen molar-refractivity contribution >= 4 is 22.6 Å². The minimum Gasteiger partial charge on any atom is -0.446 e. The number of carbonyl (C=O) groups excluding carboxylic acids is 1. The van der Waals surface area contributed by atoms with Gasteiger partial charge < -0.3 is 4.74 Å². The quantitative estimate of drug-likeness (QED) is 0.727. The van der Waals surface area contributed by atoms with Gasteiger partial charge in [-0.2, -0.15) is 5.01 Å². The minimum absolute atomic E-state index is 0.181. The summed E-state index contributed by atoms with van der Waals surface area (Å²) in [6, 6.07) is 17.6. The summed E-state index contributed by atoms with van der Waals surface area (Å²) in [5.74, 6) is 0.259. The molecule has 5 nitrogen and oxygen atoms in total. The lowest BCUT2D eigenvalue weighted by Crippen LogP contribution is -2.25. The molecular weight excluding hydrogens is 302 g/mol. The second-order valence-electron chi connectivity index (χ2n) is 5.55. The molecule has 0 radical (unpaired) electrons. The fourth-order valence-electron chi connectivity index (χ4n) is 2.83. The number of hydrogen-bond donors (Lipinski definition) is 0. The van der Waals surface area contributed by atoms with Gasteiger partial charge in [0.05, 0.1) is 0 Å². The molecule has 0 saturated heterocycles. The molecule has 5 heteroatoms. The van der Waals surface area contributed by atoms with E-state index >= 15 is 0 Å². The van der Waals surface area contributed by atoms with Crippen LogP contribution in [0.5, 0.6) is 0 Å². The van der Waals surface area contributed by atoms with E-state index in [4.69, 9.17) is 4.74 Å². The summed E-state index contributed by atoms with van der Waals surface area (Å²) >= 11 is 0. The van der Waals surface area contributed by atoms with Gasteiger partial charge in [0.2, 0.25) is 18.0 Å². The van der Waals surface area contributed by atoms with E-state index < -0.39 is 6.23 Å². The van der Waals surface area contributed by atoms with E-state index in [9.17, 15) is 4.79 Å². The van der Waals surface area contributed by atoms with E-state index in [1.165, 1.54) is 11.9 Å². The van der Waals surface area contributed by atoms with Crippen molar-refractivity contribution in [2.75, 3.05) is 0 Å². The Morgan fingerprint density at radius 3 is 2.71 bits per heavy atom. The van der Waals surface area contributed by atoms with Crippen molar-refractivity contribution in [3.63, 3.8) is 0 Å². The molecule has 3 aromatic rings. The summed E-state index contributed by atoms with van der Waals surface area (Å²) in [7, 11) is 0. The zero-order valence-corrected chi connectivity index (χ0v) is 13.1. The largest absolute Gasteiger partial charge is 0.446 e. The Morgan fingerprint density at radius 2 is 1.92 bits per heavy atom. The van der Waals surface area contributed by atoms with Crippen LogP contribution in [0.3, 0.4) is 0 Å². The van der Waals surface area contributed by atoms with Gasteiger partial charge in [-0.05, 0) is 22.9 Å². The molecule has 0 bridgehead atoms. The number of amides is 1. The molecule has 1 atom stereocenters. The molecule has 1 aliphatic heterocycles. The van der Waals surface area contributed by atoms with Crippen LogP contribution in [0.4, 0.5) is 0 Å². The number of hydrogen-bond acceptors (Lipinski definition) is 4. The van der Waals surface area contributed by atoms with Gasteiger partial charge in [-0.25, -0.2) is 0 Å². The summed E-state index contributed by atoms with van der Waals surface area (Å²) in [6.45, 7) is 1.47. The average molecular weight is 317 g/mol. The smallest absolute Gasteiger partial charge is 0.243 e. The predicted molar refractivity (Wildman–Crippen MR) is 91.1 cm³/mol. The van der Waals surface area contributed by atoms with Crippen molar-refractivity contribution in [3.8, 4) is 0 Å². The molecule has 1 unspecified atom stereocenters. The monoisotopic (exact) mass is 317 g/mol. The first-order valence-corrected chi connectivity index (χ1v) is 7.67. The molecule has 2 heterocycles. The SMILES string of the molecule is CC(=O)N1N=C(c2cccc3ccccc23)OC1c1cccnc1. The van der Waals surface area contributed by atoms with Crippen LogP contribution in [0.1, 0.15) is 24.3 Å². The summed E-state index contributed by atoms with van der Waals surface area (Å²) in [5, 5.41) is 7.91. The average Bonchev–Trinajstić information content (AvgIpc) is 3.07. The second-order valence-corrected chi connectivity index (χ2v) is 5.55. The fraction of sp³-hybridized carbons (Fsp3) is 0.105. The van der Waals surface area contributed by atoms with Crippen molar-refractivity contribution in [1.29, 1.82) is 0 Å². The number of fused-ring (bicyclic) bond motifs is 1. The zero-order chi connectivity index (χ0) is 16.5. The summed E-state index contributed by atoms with van der Waals surface area (Å²) in [5.41, 5.74) is 1.65. The molecular formula is C19H15N3O2. The molecule has 2 aromatic carbocycles. The number of pyridine rings is 1. The number of aromatic nitrogens is 1. The molecule has 118 valence electrons. The van der Waals surface area contributed by atoms with Crippen LogP contribution in [0.25, 0.3) is 10.8 Å². The number of hydrazone groups is 1. The first-order valence-electron chi connectivity index (χ1n) is 7.67. The Morgan fingerprint density at radius 1 is 1.08 bits per heavy atom. The van der Waals surface area contributed by atoms with Gasteiger partial charge in [-0.15, -0.1) is 5.10 Å². The highest BCUT2D eigenvalue weighted by atomic mass is 16.5. The van der Waals surface area contributed by atoms with Gasteiger partial charge in [-0.1, -0.05) is 42.5 Å². The number of rotatable bonds is 2. The van der Waals surface area contributed by atoms with Crippen LogP contribution < -0.4 is 0 Å². The summed E-state index contributed by atoms with van der Waals surface area (Å²) in [4.78, 5) is 16.1. The maximum Gasteiger partial charge on any atom is 0.243 e. The number of carbonyl (C=O) groups is 1. The van der Waals surface area contributed by atoms with Crippen molar-refractivity contribution < 1.29 is 9.53 Å². The van der Waals surface area contributed by atoms with Crippen LogP contribution in [0.15, 0.2) is 72.1 Å². The number of nitrogens with zero attached hydrogens (tertiary/aromatic N) is 3. The highest BCUT2D eigenvalue weighted by Crippen LogP contribution is 2.31. The fourth-order valence-corrected chi connectivity index (χ4v) is 2.83. The first-order chi connectivity index (χ1) is 11.7. The van der Waals surface area contributed by atoms with Crippen molar-refractivity contribution in [1.82, 2.24) is 9.99 Å². The van der Waals surface area contributed by atoms with Gasteiger partial charge in [0.15, 0.2) is 0 Å². The van der Waals surface area contributed by atoms with E-state index in [1.54, 1.807) is 12.4 Å². The van der Waals surface area contributed by atoms with Gasteiger partial charge in [0, 0.05) is 30.4 Å². The lowest BCUT2D eigenvalue weighted by Gasteiger charge is -2.18. The lowest BCUT2D eigenvalue weighted by molar-refractivity contribution is -0.135. The van der Waals surface area contributed by atoms with Gasteiger partial charge in [0.1, 0.15) is 0 Å².